The molecule has 2 aromatic rings. The fourth-order valence-corrected chi connectivity index (χ4v) is 2.83. The summed E-state index contributed by atoms with van der Waals surface area (Å²) in [5.74, 6) is -1.10. The number of ketones is 1. The topological polar surface area (TPSA) is 133 Å². The van der Waals surface area contributed by atoms with Gasteiger partial charge in [0.1, 0.15) is 23.2 Å². The number of ether oxygens (including phenoxy) is 1. The molecule has 1 atom stereocenters. The van der Waals surface area contributed by atoms with Gasteiger partial charge in [0.05, 0.1) is 6.42 Å². The molecule has 0 aliphatic carbocycles. The van der Waals surface area contributed by atoms with Crippen LogP contribution in [0.1, 0.15) is 28.4 Å². The van der Waals surface area contributed by atoms with Crippen LogP contribution in [0.25, 0.3) is 0 Å². The molecule has 0 saturated carbocycles. The molecule has 1 unspecified atom stereocenters. The summed E-state index contributed by atoms with van der Waals surface area (Å²) < 4.78 is 40.6. The van der Waals surface area contributed by atoms with Crippen molar-refractivity contribution in [1.82, 2.24) is 0 Å². The Kier molecular flexibility index (Phi) is 3.82. The number of hydrogen-bond donors (Lipinski definition) is 2. The van der Waals surface area contributed by atoms with E-state index in [0.29, 0.717) is 11.3 Å². The van der Waals surface area contributed by atoms with Gasteiger partial charge in [0.2, 0.25) is 0 Å². The molecule has 1 aliphatic rings. The second-order valence-corrected chi connectivity index (χ2v) is 6.21. The van der Waals surface area contributed by atoms with Crippen LogP contribution in [0.15, 0.2) is 36.4 Å². The Balaban J connectivity index is 2.02. The fourth-order valence-electron chi connectivity index (χ4n) is 2.47. The van der Waals surface area contributed by atoms with Gasteiger partial charge in [-0.3, -0.25) is 9.35 Å². The molecule has 24 heavy (non-hydrogen) atoms. The van der Waals surface area contributed by atoms with Gasteiger partial charge in [0, 0.05) is 24.3 Å². The van der Waals surface area contributed by atoms with Crippen LogP contribution in [0.5, 0.6) is 23.0 Å². The van der Waals surface area contributed by atoms with Crippen LogP contribution in [-0.2, 0) is 10.4 Å². The van der Waals surface area contributed by atoms with Crippen molar-refractivity contribution in [2.45, 2.75) is 12.5 Å². The molecule has 0 bridgehead atoms. The number of aromatic hydroxyl groups is 1. The number of Topliss-reactive ketones (excluding diaryl/α,β-unsaturated/α-hetero) is 1. The summed E-state index contributed by atoms with van der Waals surface area (Å²) in [5, 5.41) is 17.1. The first kappa shape index (κ1) is 16.1. The first-order chi connectivity index (χ1) is 11.2. The SMILES string of the molecule is O=C1CC(c2ccc([OH2+])cc2)Oc2cc(O)cc(OS(=O)(=O)O)c21. The van der Waals surface area contributed by atoms with E-state index in [1.54, 1.807) is 24.3 Å². The number of carbonyl (C=O) groups is 1. The van der Waals surface area contributed by atoms with Crippen LogP contribution in [0, 0.1) is 0 Å². The summed E-state index contributed by atoms with van der Waals surface area (Å²) in [5.41, 5.74) is 0.490. The van der Waals surface area contributed by atoms with Crippen LogP contribution in [0.4, 0.5) is 0 Å². The Bertz CT molecular complexity index is 902. The molecule has 4 N–H and O–H groups in total. The highest BCUT2D eigenvalue weighted by atomic mass is 32.3. The standard InChI is InChI=1S/C15H12O8S/c16-9-3-1-8(2-4-9)12-7-11(18)15-13(22-12)5-10(17)6-14(15)23-24(19,20)21/h1-6,12,16-17H,7H2,(H,19,20,21)/p+1. The smallest absolute Gasteiger partial charge is 0.446 e. The normalized spacial score (nSPS) is 17.0. The van der Waals surface area contributed by atoms with Crippen LogP contribution >= 0.6 is 0 Å². The van der Waals surface area contributed by atoms with Gasteiger partial charge in [-0.05, 0) is 17.7 Å². The first-order valence-corrected chi connectivity index (χ1v) is 8.15. The highest BCUT2D eigenvalue weighted by Crippen LogP contribution is 2.42. The van der Waals surface area contributed by atoms with Gasteiger partial charge in [-0.1, -0.05) is 0 Å². The largest absolute Gasteiger partial charge is 0.593 e. The van der Waals surface area contributed by atoms with Crippen molar-refractivity contribution in [2.24, 2.45) is 0 Å². The number of phenols is 1. The minimum Gasteiger partial charge on any atom is -0.593 e. The summed E-state index contributed by atoms with van der Waals surface area (Å²) in [6, 6.07) is 8.45. The summed E-state index contributed by atoms with van der Waals surface area (Å²) in [4.78, 5) is 12.4. The van der Waals surface area contributed by atoms with Gasteiger partial charge in [-0.25, -0.2) is 0 Å². The Labute approximate surface area is 136 Å². The lowest BCUT2D eigenvalue weighted by atomic mass is 9.95. The second kappa shape index (κ2) is 5.69. The van der Waals surface area contributed by atoms with Gasteiger partial charge >= 0.3 is 10.4 Å². The third kappa shape index (κ3) is 3.26. The maximum Gasteiger partial charge on any atom is 0.446 e. The monoisotopic (exact) mass is 353 g/mol. The number of hydrogen-bond acceptors (Lipinski definition) is 6. The maximum atomic E-state index is 12.4. The molecule has 0 aromatic heterocycles. The van der Waals surface area contributed by atoms with Gasteiger partial charge in [0.15, 0.2) is 11.5 Å². The summed E-state index contributed by atoms with van der Waals surface area (Å²) >= 11 is 0. The van der Waals surface area contributed by atoms with Crippen molar-refractivity contribution in [3.63, 3.8) is 0 Å². The number of phenolic OH excluding ortho intramolecular Hbond substituents is 1. The minimum absolute atomic E-state index is 0.0511. The van der Waals surface area contributed by atoms with E-state index in [4.69, 9.17) is 14.4 Å². The van der Waals surface area contributed by atoms with E-state index in [1.807, 2.05) is 0 Å². The number of benzene rings is 2. The van der Waals surface area contributed by atoms with Gasteiger partial charge in [0.25, 0.3) is 5.75 Å². The van der Waals surface area contributed by atoms with Crippen molar-refractivity contribution in [3.05, 3.63) is 47.5 Å². The summed E-state index contributed by atoms with van der Waals surface area (Å²) in [7, 11) is -4.86. The van der Waals surface area contributed by atoms with E-state index < -0.39 is 28.0 Å². The zero-order valence-corrected chi connectivity index (χ0v) is 12.9. The molecular weight excluding hydrogens is 340 g/mol. The average molecular weight is 353 g/mol. The lowest BCUT2D eigenvalue weighted by Gasteiger charge is -2.26. The van der Waals surface area contributed by atoms with Crippen molar-refractivity contribution >= 4 is 16.2 Å². The number of carbonyl (C=O) groups excluding carboxylic acids is 1. The summed E-state index contributed by atoms with van der Waals surface area (Å²) in [6.07, 6.45) is -0.734. The Hall–Kier alpha value is -2.78. The molecular formula is C15H13O8S+. The average Bonchev–Trinajstić information content (AvgIpc) is 2.45. The molecule has 0 saturated heterocycles. The van der Waals surface area contributed by atoms with E-state index in [9.17, 15) is 18.3 Å². The quantitative estimate of drug-likeness (QED) is 0.634. The Morgan fingerprint density at radius 1 is 1.21 bits per heavy atom. The van der Waals surface area contributed by atoms with Crippen LogP contribution in [0.3, 0.4) is 0 Å². The van der Waals surface area contributed by atoms with Crippen LogP contribution in [0.2, 0.25) is 0 Å². The lowest BCUT2D eigenvalue weighted by molar-refractivity contribution is 0.0847. The Morgan fingerprint density at radius 3 is 2.50 bits per heavy atom. The molecule has 9 heteroatoms. The molecule has 126 valence electrons. The van der Waals surface area contributed by atoms with Crippen LogP contribution < -0.4 is 8.92 Å². The fraction of sp³-hybridized carbons (Fsp3) is 0.133. The van der Waals surface area contributed by atoms with Gasteiger partial charge in [-0.15, -0.1) is 0 Å². The van der Waals surface area contributed by atoms with E-state index in [1.165, 1.54) is 0 Å². The lowest BCUT2D eigenvalue weighted by Crippen LogP contribution is -2.22. The van der Waals surface area contributed by atoms with Crippen molar-refractivity contribution in [2.75, 3.05) is 0 Å². The predicted molar refractivity (Wildman–Crippen MR) is 82.1 cm³/mol. The van der Waals surface area contributed by atoms with Crippen molar-refractivity contribution in [1.29, 1.82) is 0 Å². The summed E-state index contributed by atoms with van der Waals surface area (Å²) in [6.45, 7) is 0. The molecule has 3 rings (SSSR count). The third-order valence-electron chi connectivity index (χ3n) is 3.45. The third-order valence-corrected chi connectivity index (χ3v) is 3.84. The number of fused-ring (bicyclic) bond motifs is 1. The van der Waals surface area contributed by atoms with E-state index in [-0.39, 0.29) is 23.5 Å². The molecule has 1 aliphatic heterocycles. The highest BCUT2D eigenvalue weighted by molar-refractivity contribution is 7.81. The molecule has 0 radical (unpaired) electrons. The van der Waals surface area contributed by atoms with Gasteiger partial charge in [-0.2, -0.15) is 8.42 Å². The van der Waals surface area contributed by atoms with E-state index >= 15 is 0 Å². The zero-order valence-electron chi connectivity index (χ0n) is 12.1. The van der Waals surface area contributed by atoms with Gasteiger partial charge < -0.3 is 19.1 Å². The number of rotatable bonds is 3. The predicted octanol–water partition coefficient (Wildman–Crippen LogP) is 1.72. The molecule has 0 fully saturated rings. The molecule has 2 aromatic carbocycles. The second-order valence-electron chi connectivity index (χ2n) is 5.18. The zero-order chi connectivity index (χ0) is 17.5. The maximum absolute atomic E-state index is 12.4. The van der Waals surface area contributed by atoms with Crippen LogP contribution in [-0.4, -0.2) is 29.0 Å². The molecule has 0 amide bonds. The molecule has 8 nitrogen and oxygen atoms in total. The molecule has 0 spiro atoms. The van der Waals surface area contributed by atoms with E-state index in [0.717, 1.165) is 12.1 Å². The highest BCUT2D eigenvalue weighted by Gasteiger charge is 2.32. The Morgan fingerprint density at radius 2 is 1.88 bits per heavy atom. The minimum atomic E-state index is -4.86. The first-order valence-electron chi connectivity index (χ1n) is 6.78. The van der Waals surface area contributed by atoms with Crippen molar-refractivity contribution in [3.8, 4) is 23.0 Å². The van der Waals surface area contributed by atoms with Crippen molar-refractivity contribution < 1.29 is 36.9 Å². The van der Waals surface area contributed by atoms with E-state index in [2.05, 4.69) is 4.18 Å². The molecule has 1 heterocycles.